The molecule has 0 saturated carbocycles. The van der Waals surface area contributed by atoms with Gasteiger partial charge >= 0.3 is 6.18 Å². The standard InChI is InChI=1S/C11H13ClF3NO/c1-10(2,3)8(17)6-4-5-7(11(13,14)15)16-9(6)12/h4-5,8,17H,1-3H3. The first kappa shape index (κ1) is 14.3. The summed E-state index contributed by atoms with van der Waals surface area (Å²) in [5.74, 6) is 0. The summed E-state index contributed by atoms with van der Waals surface area (Å²) in [4.78, 5) is 3.26. The van der Waals surface area contributed by atoms with Gasteiger partial charge in [0.1, 0.15) is 10.8 Å². The SMILES string of the molecule is CC(C)(C)C(O)c1ccc(C(F)(F)F)nc1Cl. The molecule has 0 aliphatic carbocycles. The maximum absolute atomic E-state index is 12.4. The number of halogens is 4. The van der Waals surface area contributed by atoms with Crippen LogP contribution in [0.2, 0.25) is 5.15 Å². The molecular weight excluding hydrogens is 255 g/mol. The monoisotopic (exact) mass is 267 g/mol. The van der Waals surface area contributed by atoms with Crippen LogP contribution in [0.1, 0.15) is 38.1 Å². The number of nitrogens with zero attached hydrogens (tertiary/aromatic N) is 1. The molecule has 1 rings (SSSR count). The first-order chi connectivity index (χ1) is 7.53. The van der Waals surface area contributed by atoms with Crippen molar-refractivity contribution in [2.45, 2.75) is 33.1 Å². The van der Waals surface area contributed by atoms with E-state index in [4.69, 9.17) is 11.6 Å². The number of aromatic nitrogens is 1. The van der Waals surface area contributed by atoms with E-state index < -0.39 is 23.4 Å². The third kappa shape index (κ3) is 3.33. The van der Waals surface area contributed by atoms with Crippen LogP contribution in [0.4, 0.5) is 13.2 Å². The van der Waals surface area contributed by atoms with Crippen LogP contribution in [0.15, 0.2) is 12.1 Å². The number of hydrogen-bond acceptors (Lipinski definition) is 2. The first-order valence-electron chi connectivity index (χ1n) is 4.95. The summed E-state index contributed by atoms with van der Waals surface area (Å²) >= 11 is 5.67. The molecule has 0 radical (unpaired) electrons. The summed E-state index contributed by atoms with van der Waals surface area (Å²) < 4.78 is 37.1. The van der Waals surface area contributed by atoms with Gasteiger partial charge in [0.15, 0.2) is 0 Å². The van der Waals surface area contributed by atoms with E-state index in [-0.39, 0.29) is 10.7 Å². The average Bonchev–Trinajstić information content (AvgIpc) is 2.13. The van der Waals surface area contributed by atoms with Gasteiger partial charge in [-0.3, -0.25) is 0 Å². The average molecular weight is 268 g/mol. The molecule has 1 atom stereocenters. The third-order valence-electron chi connectivity index (χ3n) is 2.28. The lowest BCUT2D eigenvalue weighted by Crippen LogP contribution is -2.19. The molecule has 0 aliphatic rings. The largest absolute Gasteiger partial charge is 0.433 e. The van der Waals surface area contributed by atoms with Crippen LogP contribution >= 0.6 is 11.6 Å². The molecule has 0 amide bonds. The Morgan fingerprint density at radius 2 is 1.76 bits per heavy atom. The number of alkyl halides is 3. The molecule has 1 N–H and O–H groups in total. The van der Waals surface area contributed by atoms with E-state index in [1.165, 1.54) is 0 Å². The summed E-state index contributed by atoms with van der Waals surface area (Å²) in [6.07, 6.45) is -5.50. The molecule has 0 saturated heterocycles. The highest BCUT2D eigenvalue weighted by Gasteiger charge is 2.34. The zero-order valence-corrected chi connectivity index (χ0v) is 10.4. The van der Waals surface area contributed by atoms with Crippen molar-refractivity contribution < 1.29 is 18.3 Å². The van der Waals surface area contributed by atoms with Crippen molar-refractivity contribution in [3.05, 3.63) is 28.5 Å². The maximum atomic E-state index is 12.4. The molecule has 2 nitrogen and oxygen atoms in total. The van der Waals surface area contributed by atoms with Gasteiger partial charge in [-0.1, -0.05) is 38.4 Å². The Labute approximate surface area is 102 Å². The van der Waals surface area contributed by atoms with Crippen molar-refractivity contribution >= 4 is 11.6 Å². The van der Waals surface area contributed by atoms with Gasteiger partial charge in [0.2, 0.25) is 0 Å². The van der Waals surface area contributed by atoms with Crippen molar-refractivity contribution in [1.29, 1.82) is 0 Å². The Hall–Kier alpha value is -0.810. The zero-order chi connectivity index (χ0) is 13.4. The second-order valence-electron chi connectivity index (χ2n) is 4.84. The minimum atomic E-state index is -4.53. The normalized spacial score (nSPS) is 14.8. The molecule has 1 unspecified atom stereocenters. The van der Waals surface area contributed by atoms with Crippen LogP contribution in [-0.4, -0.2) is 10.1 Å². The van der Waals surface area contributed by atoms with Crippen molar-refractivity contribution in [3.63, 3.8) is 0 Å². The van der Waals surface area contributed by atoms with E-state index in [0.717, 1.165) is 12.1 Å². The number of hydrogen-bond donors (Lipinski definition) is 1. The predicted molar refractivity (Wildman–Crippen MR) is 58.7 cm³/mol. The van der Waals surface area contributed by atoms with Crippen LogP contribution in [0.25, 0.3) is 0 Å². The van der Waals surface area contributed by atoms with Crippen LogP contribution in [-0.2, 0) is 6.18 Å². The number of rotatable bonds is 1. The van der Waals surface area contributed by atoms with Gasteiger partial charge in [-0.15, -0.1) is 0 Å². The predicted octanol–water partition coefficient (Wildman–Crippen LogP) is 3.83. The summed E-state index contributed by atoms with van der Waals surface area (Å²) in [7, 11) is 0. The minimum Gasteiger partial charge on any atom is -0.388 e. The fourth-order valence-corrected chi connectivity index (χ4v) is 1.53. The van der Waals surface area contributed by atoms with Gasteiger partial charge in [0, 0.05) is 5.56 Å². The lowest BCUT2D eigenvalue weighted by atomic mass is 9.85. The molecule has 96 valence electrons. The van der Waals surface area contributed by atoms with Gasteiger partial charge in [-0.25, -0.2) is 4.98 Å². The summed E-state index contributed by atoms with van der Waals surface area (Å²) in [5.41, 5.74) is -1.38. The molecule has 1 aromatic heterocycles. The van der Waals surface area contributed by atoms with E-state index in [1.807, 2.05) is 0 Å². The van der Waals surface area contributed by atoms with E-state index in [9.17, 15) is 18.3 Å². The molecule has 1 aromatic rings. The van der Waals surface area contributed by atoms with Gasteiger partial charge in [-0.2, -0.15) is 13.2 Å². The van der Waals surface area contributed by atoms with Gasteiger partial charge in [0.05, 0.1) is 6.10 Å². The summed E-state index contributed by atoms with van der Waals surface area (Å²) in [6.45, 7) is 5.27. The molecule has 6 heteroatoms. The van der Waals surface area contributed by atoms with Crippen molar-refractivity contribution in [3.8, 4) is 0 Å². The zero-order valence-electron chi connectivity index (χ0n) is 9.64. The number of pyridine rings is 1. The molecule has 17 heavy (non-hydrogen) atoms. The molecule has 0 fully saturated rings. The molecular formula is C11H13ClF3NO. The van der Waals surface area contributed by atoms with Gasteiger partial charge in [-0.05, 0) is 11.5 Å². The quantitative estimate of drug-likeness (QED) is 0.785. The molecule has 0 aromatic carbocycles. The highest BCUT2D eigenvalue weighted by Crippen LogP contribution is 2.37. The molecule has 0 aliphatic heterocycles. The Bertz CT molecular complexity index is 412. The van der Waals surface area contributed by atoms with Gasteiger partial charge < -0.3 is 5.11 Å². The second kappa shape index (κ2) is 4.46. The first-order valence-corrected chi connectivity index (χ1v) is 5.33. The Morgan fingerprint density at radius 1 is 1.24 bits per heavy atom. The molecule has 0 bridgehead atoms. The fourth-order valence-electron chi connectivity index (χ4n) is 1.27. The summed E-state index contributed by atoms with van der Waals surface area (Å²) in [5, 5.41) is 9.61. The van der Waals surface area contributed by atoms with Gasteiger partial charge in [0.25, 0.3) is 0 Å². The Morgan fingerprint density at radius 3 is 2.12 bits per heavy atom. The smallest absolute Gasteiger partial charge is 0.388 e. The summed E-state index contributed by atoms with van der Waals surface area (Å²) in [6, 6.07) is 1.98. The highest BCUT2D eigenvalue weighted by atomic mass is 35.5. The van der Waals surface area contributed by atoms with E-state index >= 15 is 0 Å². The van der Waals surface area contributed by atoms with E-state index in [2.05, 4.69) is 4.98 Å². The topological polar surface area (TPSA) is 33.1 Å². The lowest BCUT2D eigenvalue weighted by Gasteiger charge is -2.26. The van der Waals surface area contributed by atoms with Crippen LogP contribution < -0.4 is 0 Å². The minimum absolute atomic E-state index is 0.201. The van der Waals surface area contributed by atoms with Crippen molar-refractivity contribution in [2.24, 2.45) is 5.41 Å². The second-order valence-corrected chi connectivity index (χ2v) is 5.20. The fraction of sp³-hybridized carbons (Fsp3) is 0.545. The number of aliphatic hydroxyl groups is 1. The third-order valence-corrected chi connectivity index (χ3v) is 2.59. The van der Waals surface area contributed by atoms with Crippen molar-refractivity contribution in [2.75, 3.05) is 0 Å². The van der Waals surface area contributed by atoms with E-state index in [1.54, 1.807) is 20.8 Å². The lowest BCUT2D eigenvalue weighted by molar-refractivity contribution is -0.141. The van der Waals surface area contributed by atoms with Crippen LogP contribution in [0.5, 0.6) is 0 Å². The van der Waals surface area contributed by atoms with Crippen LogP contribution in [0, 0.1) is 5.41 Å². The Balaban J connectivity index is 3.15. The number of aliphatic hydroxyl groups excluding tert-OH is 1. The molecule has 1 heterocycles. The van der Waals surface area contributed by atoms with E-state index in [0.29, 0.717) is 0 Å². The maximum Gasteiger partial charge on any atom is 0.433 e. The van der Waals surface area contributed by atoms with Crippen LogP contribution in [0.3, 0.4) is 0 Å². The Kier molecular flexibility index (Phi) is 3.74. The molecule has 0 spiro atoms. The highest BCUT2D eigenvalue weighted by molar-refractivity contribution is 6.30. The van der Waals surface area contributed by atoms with Crippen molar-refractivity contribution in [1.82, 2.24) is 4.98 Å².